The molecule has 7 heteroatoms. The number of rotatable bonds is 10. The molecule has 34 heavy (non-hydrogen) atoms. The Kier molecular flexibility index (Phi) is 8.58. The minimum atomic E-state index is -0.284. The average molecular weight is 486 g/mol. The van der Waals surface area contributed by atoms with Gasteiger partial charge in [-0.3, -0.25) is 4.79 Å². The van der Waals surface area contributed by atoms with E-state index in [1.54, 1.807) is 19.1 Å². The molecule has 0 bridgehead atoms. The summed E-state index contributed by atoms with van der Waals surface area (Å²) in [7, 11) is 0. The number of hydrogen-bond donors (Lipinski definition) is 1. The third-order valence-corrected chi connectivity index (χ3v) is 6.36. The molecule has 1 atom stereocenters. The number of phenolic OH excluding ortho intramolecular Hbond substituents is 1. The molecule has 2 aromatic carbocycles. The van der Waals surface area contributed by atoms with E-state index in [1.807, 2.05) is 12.1 Å². The first kappa shape index (κ1) is 26.0. The Morgan fingerprint density at radius 3 is 2.50 bits per heavy atom. The van der Waals surface area contributed by atoms with Crippen LogP contribution in [0.4, 0.5) is 0 Å². The van der Waals surface area contributed by atoms with Gasteiger partial charge in [-0.1, -0.05) is 71.5 Å². The van der Waals surface area contributed by atoms with Crippen LogP contribution in [0.25, 0.3) is 16.7 Å². The minimum Gasteiger partial charge on any atom is -0.505 e. The summed E-state index contributed by atoms with van der Waals surface area (Å²) in [6, 6.07) is 9.44. The van der Waals surface area contributed by atoms with E-state index in [1.165, 1.54) is 4.80 Å². The summed E-state index contributed by atoms with van der Waals surface area (Å²) in [5.74, 6) is 0.184. The first-order chi connectivity index (χ1) is 16.1. The van der Waals surface area contributed by atoms with Gasteiger partial charge in [-0.25, -0.2) is 0 Å². The molecule has 1 unspecified atom stereocenters. The van der Waals surface area contributed by atoms with Crippen LogP contribution in [0.1, 0.15) is 90.2 Å². The highest BCUT2D eigenvalue weighted by Gasteiger charge is 2.25. The predicted molar refractivity (Wildman–Crippen MR) is 137 cm³/mol. The zero-order valence-corrected chi connectivity index (χ0v) is 21.7. The highest BCUT2D eigenvalue weighted by molar-refractivity contribution is 6.31. The van der Waals surface area contributed by atoms with E-state index >= 15 is 0 Å². The average Bonchev–Trinajstić information content (AvgIpc) is 3.20. The van der Waals surface area contributed by atoms with Gasteiger partial charge in [0.2, 0.25) is 0 Å². The number of carbonyl (C=O) groups excluding carboxylic acids is 1. The zero-order valence-electron chi connectivity index (χ0n) is 20.9. The fourth-order valence-electron chi connectivity index (χ4n) is 4.13. The van der Waals surface area contributed by atoms with E-state index in [0.717, 1.165) is 43.2 Å². The van der Waals surface area contributed by atoms with Crippen LogP contribution < -0.4 is 0 Å². The van der Waals surface area contributed by atoms with Crippen LogP contribution in [-0.2, 0) is 14.9 Å². The van der Waals surface area contributed by atoms with Crippen molar-refractivity contribution in [1.29, 1.82) is 0 Å². The van der Waals surface area contributed by atoms with Gasteiger partial charge >= 0.3 is 5.97 Å². The Labute approximate surface area is 207 Å². The van der Waals surface area contributed by atoms with Gasteiger partial charge in [0.25, 0.3) is 0 Å². The minimum absolute atomic E-state index is 0.173. The van der Waals surface area contributed by atoms with Crippen molar-refractivity contribution >= 4 is 28.6 Å². The number of esters is 1. The molecular weight excluding hydrogens is 450 g/mol. The number of halogens is 1. The van der Waals surface area contributed by atoms with Crippen molar-refractivity contribution in [3.05, 3.63) is 46.5 Å². The lowest BCUT2D eigenvalue weighted by Gasteiger charge is -2.26. The summed E-state index contributed by atoms with van der Waals surface area (Å²) in [4.78, 5) is 13.2. The van der Waals surface area contributed by atoms with Gasteiger partial charge in [0.05, 0.1) is 6.61 Å². The van der Waals surface area contributed by atoms with E-state index in [-0.39, 0.29) is 23.1 Å². The second-order valence-electron chi connectivity index (χ2n) is 9.86. The van der Waals surface area contributed by atoms with Gasteiger partial charge in [0, 0.05) is 17.0 Å². The number of hydrogen-bond acceptors (Lipinski definition) is 5. The molecule has 6 nitrogen and oxygen atoms in total. The second-order valence-corrected chi connectivity index (χ2v) is 10.3. The highest BCUT2D eigenvalue weighted by atomic mass is 35.5. The van der Waals surface area contributed by atoms with Gasteiger partial charge in [-0.15, -0.1) is 15.0 Å². The lowest BCUT2D eigenvalue weighted by molar-refractivity contribution is -0.143. The monoisotopic (exact) mass is 485 g/mol. The topological polar surface area (TPSA) is 77.2 Å². The smallest absolute Gasteiger partial charge is 0.305 e. The van der Waals surface area contributed by atoms with Crippen LogP contribution >= 0.6 is 11.6 Å². The number of unbranched alkanes of at least 4 members (excludes halogenated alkanes) is 2. The standard InChI is InChI=1S/C27H36ClN3O3/c1-6-8-9-10-18(13-14-34-25(32)7-2)19-15-21(27(3,4)5)26(33)24(16-19)31-29-22-12-11-20(28)17-23(22)30-31/h11-12,15-18,33H,6-10,13-14H2,1-5H3. The molecule has 0 aliphatic carbocycles. The first-order valence-electron chi connectivity index (χ1n) is 12.2. The molecule has 0 spiro atoms. The first-order valence-corrected chi connectivity index (χ1v) is 12.6. The van der Waals surface area contributed by atoms with Crippen LogP contribution in [0.2, 0.25) is 5.02 Å². The Morgan fingerprint density at radius 1 is 1.09 bits per heavy atom. The van der Waals surface area contributed by atoms with Gasteiger partial charge < -0.3 is 9.84 Å². The molecule has 3 rings (SSSR count). The van der Waals surface area contributed by atoms with Crippen molar-refractivity contribution in [1.82, 2.24) is 15.0 Å². The van der Waals surface area contributed by atoms with Gasteiger partial charge in [-0.05, 0) is 54.0 Å². The molecule has 0 amide bonds. The molecule has 1 aromatic heterocycles. The maximum absolute atomic E-state index is 11.7. The molecule has 1 heterocycles. The van der Waals surface area contributed by atoms with E-state index in [9.17, 15) is 9.90 Å². The number of nitrogens with zero attached hydrogens (tertiary/aromatic N) is 3. The largest absolute Gasteiger partial charge is 0.505 e. The van der Waals surface area contributed by atoms with E-state index in [4.69, 9.17) is 16.3 Å². The van der Waals surface area contributed by atoms with E-state index < -0.39 is 0 Å². The summed E-state index contributed by atoms with van der Waals surface area (Å²) in [6.45, 7) is 10.6. The fourth-order valence-corrected chi connectivity index (χ4v) is 4.30. The summed E-state index contributed by atoms with van der Waals surface area (Å²) >= 11 is 6.14. The summed E-state index contributed by atoms with van der Waals surface area (Å²) in [5.41, 5.74) is 3.57. The van der Waals surface area contributed by atoms with Crippen LogP contribution in [0.15, 0.2) is 30.3 Å². The number of benzene rings is 2. The number of fused-ring (bicyclic) bond motifs is 1. The van der Waals surface area contributed by atoms with Crippen molar-refractivity contribution in [3.8, 4) is 11.4 Å². The van der Waals surface area contributed by atoms with Crippen LogP contribution in [-0.4, -0.2) is 32.7 Å². The maximum atomic E-state index is 11.7. The third kappa shape index (κ3) is 6.29. The third-order valence-electron chi connectivity index (χ3n) is 6.12. The summed E-state index contributed by atoms with van der Waals surface area (Å²) in [5, 5.41) is 21.0. The van der Waals surface area contributed by atoms with Crippen LogP contribution in [0.5, 0.6) is 5.75 Å². The molecule has 0 radical (unpaired) electrons. The Hall–Kier alpha value is -2.60. The van der Waals surface area contributed by atoms with Crippen LogP contribution in [0, 0.1) is 0 Å². The molecule has 0 saturated heterocycles. The number of aromatic nitrogens is 3. The predicted octanol–water partition coefficient (Wildman–Crippen LogP) is 7.08. The number of phenols is 1. The molecule has 0 saturated carbocycles. The number of ether oxygens (including phenoxy) is 1. The zero-order chi connectivity index (χ0) is 24.9. The van der Waals surface area contributed by atoms with E-state index in [0.29, 0.717) is 34.8 Å². The molecular formula is C27H36ClN3O3. The quantitative estimate of drug-likeness (QED) is 0.245. The maximum Gasteiger partial charge on any atom is 0.305 e. The molecule has 0 aliphatic heterocycles. The molecule has 0 fully saturated rings. The van der Waals surface area contributed by atoms with Crippen molar-refractivity contribution in [2.24, 2.45) is 0 Å². The van der Waals surface area contributed by atoms with Crippen LogP contribution in [0.3, 0.4) is 0 Å². The highest BCUT2D eigenvalue weighted by Crippen LogP contribution is 2.39. The fraction of sp³-hybridized carbons (Fsp3) is 0.519. The van der Waals surface area contributed by atoms with Crippen molar-refractivity contribution in [2.45, 2.75) is 84.5 Å². The SMILES string of the molecule is CCCCCC(CCOC(=O)CC)c1cc(-n2nc3ccc(Cl)cc3n2)c(O)c(C(C)(C)C)c1. The summed E-state index contributed by atoms with van der Waals surface area (Å²) in [6.07, 6.45) is 5.46. The van der Waals surface area contributed by atoms with Gasteiger partial charge in [0.1, 0.15) is 22.5 Å². The van der Waals surface area contributed by atoms with E-state index in [2.05, 4.69) is 44.0 Å². The normalized spacial score (nSPS) is 12.8. The molecule has 1 N–H and O–H groups in total. The Bertz CT molecular complexity index is 1130. The van der Waals surface area contributed by atoms with Crippen molar-refractivity contribution in [2.75, 3.05) is 6.61 Å². The Balaban J connectivity index is 2.06. The molecule has 0 aliphatic rings. The summed E-state index contributed by atoms with van der Waals surface area (Å²) < 4.78 is 5.41. The number of aromatic hydroxyl groups is 1. The van der Waals surface area contributed by atoms with Gasteiger partial charge in [-0.2, -0.15) is 0 Å². The number of carbonyl (C=O) groups is 1. The molecule has 3 aromatic rings. The van der Waals surface area contributed by atoms with Crippen molar-refractivity contribution in [3.63, 3.8) is 0 Å². The lowest BCUT2D eigenvalue weighted by Crippen LogP contribution is -2.16. The lowest BCUT2D eigenvalue weighted by atomic mass is 9.81. The molecule has 184 valence electrons. The van der Waals surface area contributed by atoms with Crippen molar-refractivity contribution < 1.29 is 14.6 Å². The second kappa shape index (κ2) is 11.2. The Morgan fingerprint density at radius 2 is 1.82 bits per heavy atom. The van der Waals surface area contributed by atoms with Gasteiger partial charge in [0.15, 0.2) is 0 Å².